The van der Waals surface area contributed by atoms with Gasteiger partial charge in [0.15, 0.2) is 0 Å². The van der Waals surface area contributed by atoms with Gasteiger partial charge in [0.2, 0.25) is 0 Å². The van der Waals surface area contributed by atoms with Crippen molar-refractivity contribution in [2.45, 2.75) is 51.7 Å². The third-order valence-electron chi connectivity index (χ3n) is 3.08. The standard InChI is InChI=1S/C4H9BO2.6CH3.2Sn/c1-3-6-5-7-4-2;;;;;;;;/h3-5H,1-2H3;6*1H3;;. The molecule has 0 aromatic heterocycles. The van der Waals surface area contributed by atoms with E-state index in [1.54, 1.807) is 0 Å². The molecule has 0 amide bonds. The summed E-state index contributed by atoms with van der Waals surface area (Å²) < 4.78 is 12.4. The molecule has 0 saturated heterocycles. The molecule has 0 aromatic carbocycles. The van der Waals surface area contributed by atoms with E-state index in [4.69, 9.17) is 9.31 Å². The topological polar surface area (TPSA) is 18.5 Å². The second-order valence-corrected chi connectivity index (χ2v) is 38.1. The van der Waals surface area contributed by atoms with Gasteiger partial charge in [0.25, 0.3) is 0 Å². The summed E-state index contributed by atoms with van der Waals surface area (Å²) in [6, 6.07) is 0. The van der Waals surface area contributed by atoms with Gasteiger partial charge in [0.05, 0.1) is 0 Å². The van der Waals surface area contributed by atoms with Crippen LogP contribution in [0.15, 0.2) is 0 Å². The van der Waals surface area contributed by atoms with Gasteiger partial charge in [-0.2, -0.15) is 0 Å². The minimum atomic E-state index is -1.86. The summed E-state index contributed by atoms with van der Waals surface area (Å²) in [4.78, 5) is 14.4. The van der Waals surface area contributed by atoms with Crippen LogP contribution in [0.4, 0.5) is 0 Å². The van der Waals surface area contributed by atoms with Crippen LogP contribution in [0.5, 0.6) is 0 Å². The second-order valence-electron chi connectivity index (χ2n) is 6.47. The fourth-order valence-corrected chi connectivity index (χ4v) is 3.99. The van der Waals surface area contributed by atoms with Crippen molar-refractivity contribution in [1.82, 2.24) is 0 Å². The van der Waals surface area contributed by atoms with Gasteiger partial charge in [-0.15, -0.1) is 0 Å². The van der Waals surface area contributed by atoms with Crippen molar-refractivity contribution >= 4 is 44.4 Å². The van der Waals surface area contributed by atoms with Crippen molar-refractivity contribution in [1.29, 1.82) is 0 Å². The maximum absolute atomic E-state index is 5.78. The van der Waals surface area contributed by atoms with Crippen LogP contribution in [0.2, 0.25) is 29.6 Å². The fourth-order valence-electron chi connectivity index (χ4n) is 0.743. The molecule has 15 heavy (non-hydrogen) atoms. The Bertz CT molecular complexity index is 167. The molecule has 2 atom stereocenters. The minimum absolute atomic E-state index is 0.446. The molecule has 0 spiro atoms. The Hall–Kier alpha value is 1.58. The summed E-state index contributed by atoms with van der Waals surface area (Å²) in [5.41, 5.74) is 0. The van der Waals surface area contributed by atoms with Crippen molar-refractivity contribution in [3.05, 3.63) is 0 Å². The molecule has 0 fully saturated rings. The molecule has 90 valence electrons. The van der Waals surface area contributed by atoms with Crippen LogP contribution >= 0.6 is 0 Å². The van der Waals surface area contributed by atoms with E-state index < -0.39 is 36.8 Å². The predicted octanol–water partition coefficient (Wildman–Crippen LogP) is 2.82. The monoisotopic (exact) mass is 430 g/mol. The third kappa shape index (κ3) is 7.50. The quantitative estimate of drug-likeness (QED) is 0.607. The summed E-state index contributed by atoms with van der Waals surface area (Å²) in [6.45, 7) is 4.40. The molecular formula is C10H27BO2Sn2. The first kappa shape index (κ1) is 16.6. The van der Waals surface area contributed by atoms with Gasteiger partial charge in [0.1, 0.15) is 0 Å². The molecule has 0 N–H and O–H groups in total. The van der Waals surface area contributed by atoms with Crippen LogP contribution < -0.4 is 0 Å². The summed E-state index contributed by atoms with van der Waals surface area (Å²) in [5.74, 6) is 0. The Morgan fingerprint density at radius 3 is 1.20 bits per heavy atom. The van der Waals surface area contributed by atoms with Crippen molar-refractivity contribution in [2.24, 2.45) is 0 Å². The Morgan fingerprint density at radius 1 is 0.733 bits per heavy atom. The van der Waals surface area contributed by atoms with E-state index in [0.717, 1.165) is 0 Å². The van der Waals surface area contributed by atoms with E-state index in [-0.39, 0.29) is 0 Å². The van der Waals surface area contributed by atoms with Gasteiger partial charge in [-0.3, -0.25) is 0 Å². The van der Waals surface area contributed by atoms with Crippen LogP contribution in [0.3, 0.4) is 0 Å². The average molecular weight is 428 g/mol. The molecular weight excluding hydrogens is 400 g/mol. The summed E-state index contributed by atoms with van der Waals surface area (Å²) in [7, 11) is 0.491. The summed E-state index contributed by atoms with van der Waals surface area (Å²) >= 11 is -3.72. The van der Waals surface area contributed by atoms with E-state index in [9.17, 15) is 0 Å². The Labute approximate surface area is 105 Å². The first-order valence-corrected chi connectivity index (χ1v) is 26.2. The first-order chi connectivity index (χ1) is 6.55. The zero-order valence-electron chi connectivity index (χ0n) is 11.7. The van der Waals surface area contributed by atoms with Gasteiger partial charge >= 0.3 is 105 Å². The summed E-state index contributed by atoms with van der Waals surface area (Å²) in [5, 5.41) is 0. The summed E-state index contributed by atoms with van der Waals surface area (Å²) in [6.07, 6.45) is 0. The molecule has 0 bridgehead atoms. The van der Waals surface area contributed by atoms with Gasteiger partial charge in [-0.1, -0.05) is 0 Å². The number of hydrogen-bond acceptors (Lipinski definition) is 2. The Kier molecular flexibility index (Phi) is 7.18. The molecule has 2 unspecified atom stereocenters. The van der Waals surface area contributed by atoms with Gasteiger partial charge in [0, 0.05) is 0 Å². The molecule has 2 nitrogen and oxygen atoms in total. The van der Waals surface area contributed by atoms with E-state index in [1.807, 2.05) is 0 Å². The van der Waals surface area contributed by atoms with Crippen molar-refractivity contribution in [3.63, 3.8) is 0 Å². The Balaban J connectivity index is 3.81. The normalized spacial score (nSPS) is 17.3. The molecule has 0 rings (SSSR count). The maximum atomic E-state index is 5.78. The van der Waals surface area contributed by atoms with Crippen molar-refractivity contribution in [3.8, 4) is 0 Å². The zero-order chi connectivity index (χ0) is 12.3. The number of rotatable bonds is 6. The third-order valence-corrected chi connectivity index (χ3v) is 17.9. The van der Waals surface area contributed by atoms with E-state index in [2.05, 4.69) is 43.5 Å². The second kappa shape index (κ2) is 6.50. The molecule has 0 saturated carbocycles. The van der Waals surface area contributed by atoms with Crippen LogP contribution in [0, 0.1) is 0 Å². The molecule has 0 aliphatic rings. The SMILES string of the molecule is C[CH](OBO[CH](C)[Sn]([CH3])([CH3])[CH3])[Sn]([CH3])([CH3])[CH3]. The van der Waals surface area contributed by atoms with Crippen LogP contribution in [-0.4, -0.2) is 52.7 Å². The van der Waals surface area contributed by atoms with E-state index in [0.29, 0.717) is 15.9 Å². The van der Waals surface area contributed by atoms with Crippen molar-refractivity contribution < 1.29 is 9.31 Å². The average Bonchev–Trinajstić information content (AvgIpc) is 2.00. The van der Waals surface area contributed by atoms with Crippen LogP contribution in [0.25, 0.3) is 0 Å². The van der Waals surface area contributed by atoms with Crippen LogP contribution in [0.1, 0.15) is 13.8 Å². The van der Waals surface area contributed by atoms with Crippen molar-refractivity contribution in [2.75, 3.05) is 0 Å². The molecule has 0 aromatic rings. The first-order valence-electron chi connectivity index (χ1n) is 5.78. The van der Waals surface area contributed by atoms with E-state index in [1.165, 1.54) is 0 Å². The molecule has 0 aliphatic heterocycles. The van der Waals surface area contributed by atoms with Gasteiger partial charge in [-0.05, 0) is 0 Å². The Morgan fingerprint density at radius 2 is 1.00 bits per heavy atom. The number of hydrogen-bond donors (Lipinski definition) is 0. The van der Waals surface area contributed by atoms with Crippen LogP contribution in [-0.2, 0) is 9.31 Å². The molecule has 5 heteroatoms. The van der Waals surface area contributed by atoms with Gasteiger partial charge in [-0.25, -0.2) is 0 Å². The predicted molar refractivity (Wildman–Crippen MR) is 74.9 cm³/mol. The molecule has 0 aliphatic carbocycles. The fraction of sp³-hybridized carbons (Fsp3) is 1.00. The molecule has 0 radical (unpaired) electrons. The zero-order valence-corrected chi connectivity index (χ0v) is 17.4. The van der Waals surface area contributed by atoms with Gasteiger partial charge < -0.3 is 0 Å². The molecule has 0 heterocycles. The van der Waals surface area contributed by atoms with E-state index >= 15 is 0 Å².